The van der Waals surface area contributed by atoms with E-state index in [4.69, 9.17) is 9.47 Å². The van der Waals surface area contributed by atoms with Crippen LogP contribution in [-0.2, 0) is 4.79 Å². The minimum absolute atomic E-state index is 0.473. The van der Waals surface area contributed by atoms with Crippen molar-refractivity contribution in [1.29, 1.82) is 0 Å². The molecule has 1 fully saturated rings. The van der Waals surface area contributed by atoms with E-state index in [1.165, 1.54) is 20.4 Å². The molecule has 1 saturated carbocycles. The Morgan fingerprint density at radius 2 is 1.75 bits per heavy atom. The highest BCUT2D eigenvalue weighted by Gasteiger charge is 2.67. The lowest BCUT2D eigenvalue weighted by atomic mass is 10.1. The van der Waals surface area contributed by atoms with Crippen LogP contribution >= 0.6 is 0 Å². The maximum absolute atomic E-state index is 13.3. The average molecular weight is 392 g/mol. The number of ether oxygens (including phenoxy) is 2. The number of carbonyl (C=O) groups is 1. The number of alkyl halides is 3. The molecule has 0 heterocycles. The minimum atomic E-state index is -4.45. The molecule has 1 aliphatic rings. The maximum Gasteiger partial charge on any atom is 0.393 e. The van der Waals surface area contributed by atoms with E-state index in [2.05, 4.69) is 10.5 Å². The van der Waals surface area contributed by atoms with Gasteiger partial charge in [0.1, 0.15) is 0 Å². The summed E-state index contributed by atoms with van der Waals surface area (Å²) < 4.78 is 50.1. The predicted octanol–water partition coefficient (Wildman–Crippen LogP) is 3.75. The van der Waals surface area contributed by atoms with E-state index in [-0.39, 0.29) is 0 Å². The number of carbonyl (C=O) groups excluding carboxylic acids is 1. The molecule has 148 valence electrons. The van der Waals surface area contributed by atoms with Gasteiger partial charge in [0.25, 0.3) is 0 Å². The molecule has 0 spiro atoms. The highest BCUT2D eigenvalue weighted by atomic mass is 19.4. The van der Waals surface area contributed by atoms with Gasteiger partial charge in [-0.05, 0) is 29.3 Å². The van der Waals surface area contributed by atoms with Crippen LogP contribution in [0.15, 0.2) is 53.6 Å². The number of nitrogens with one attached hydrogen (secondary N) is 1. The summed E-state index contributed by atoms with van der Waals surface area (Å²) in [5.74, 6) is -3.54. The van der Waals surface area contributed by atoms with Crippen LogP contribution in [0.3, 0.4) is 0 Å². The van der Waals surface area contributed by atoms with E-state index in [0.717, 1.165) is 0 Å². The number of hydrogen-bond acceptors (Lipinski definition) is 4. The number of amides is 1. The molecular weight excluding hydrogens is 373 g/mol. The summed E-state index contributed by atoms with van der Waals surface area (Å²) in [5.41, 5.74) is 3.31. The lowest BCUT2D eigenvalue weighted by Gasteiger charge is -2.07. The first-order valence-corrected chi connectivity index (χ1v) is 8.53. The molecule has 0 aromatic heterocycles. The van der Waals surface area contributed by atoms with E-state index in [9.17, 15) is 18.0 Å². The van der Waals surface area contributed by atoms with Crippen LogP contribution < -0.4 is 14.9 Å². The topological polar surface area (TPSA) is 59.9 Å². The van der Waals surface area contributed by atoms with E-state index in [1.807, 2.05) is 0 Å². The largest absolute Gasteiger partial charge is 0.493 e. The van der Waals surface area contributed by atoms with Crippen molar-refractivity contribution < 1.29 is 27.4 Å². The molecule has 3 atom stereocenters. The van der Waals surface area contributed by atoms with E-state index < -0.39 is 29.8 Å². The molecule has 3 rings (SSSR count). The van der Waals surface area contributed by atoms with Crippen LogP contribution in [0.2, 0.25) is 0 Å². The Bertz CT molecular complexity index is 869. The Balaban J connectivity index is 1.69. The fourth-order valence-electron chi connectivity index (χ4n) is 3.31. The number of hydrogen-bond donors (Lipinski definition) is 1. The third-order valence-corrected chi connectivity index (χ3v) is 4.68. The second kappa shape index (κ2) is 7.92. The molecule has 28 heavy (non-hydrogen) atoms. The third-order valence-electron chi connectivity index (χ3n) is 4.68. The van der Waals surface area contributed by atoms with Crippen molar-refractivity contribution in [2.75, 3.05) is 14.2 Å². The summed E-state index contributed by atoms with van der Waals surface area (Å²) in [6.07, 6.45) is -3.11. The SMILES string of the molecule is COc1ccc(/C=N/NC(=O)C2C(c3ccccc3)C2C(F)(F)F)cc1OC. The normalized spacial score (nSPS) is 21.4. The highest BCUT2D eigenvalue weighted by molar-refractivity contribution is 5.86. The summed E-state index contributed by atoms with van der Waals surface area (Å²) in [6.45, 7) is 0. The molecule has 0 bridgehead atoms. The zero-order valence-electron chi connectivity index (χ0n) is 15.2. The highest BCUT2D eigenvalue weighted by Crippen LogP contribution is 2.61. The van der Waals surface area contributed by atoms with Crippen LogP contribution in [0.5, 0.6) is 11.5 Å². The first-order valence-electron chi connectivity index (χ1n) is 8.53. The van der Waals surface area contributed by atoms with Gasteiger partial charge in [-0.2, -0.15) is 18.3 Å². The van der Waals surface area contributed by atoms with Crippen molar-refractivity contribution >= 4 is 12.1 Å². The monoisotopic (exact) mass is 392 g/mol. The second-order valence-corrected chi connectivity index (χ2v) is 6.38. The maximum atomic E-state index is 13.3. The van der Waals surface area contributed by atoms with Gasteiger partial charge in [0.2, 0.25) is 5.91 Å². The Morgan fingerprint density at radius 3 is 2.36 bits per heavy atom. The third kappa shape index (κ3) is 4.11. The van der Waals surface area contributed by atoms with Crippen molar-refractivity contribution in [2.24, 2.45) is 16.9 Å². The summed E-state index contributed by atoms with van der Waals surface area (Å²) in [5, 5.41) is 3.79. The minimum Gasteiger partial charge on any atom is -0.493 e. The van der Waals surface area contributed by atoms with Crippen molar-refractivity contribution in [3.8, 4) is 11.5 Å². The molecule has 1 N–H and O–H groups in total. The Kier molecular flexibility index (Phi) is 5.58. The molecular formula is C20H19F3N2O3. The van der Waals surface area contributed by atoms with E-state index in [1.54, 1.807) is 48.5 Å². The number of rotatable bonds is 6. The fourth-order valence-corrected chi connectivity index (χ4v) is 3.31. The first-order chi connectivity index (χ1) is 13.4. The van der Waals surface area contributed by atoms with Gasteiger partial charge >= 0.3 is 6.18 Å². The zero-order valence-corrected chi connectivity index (χ0v) is 15.2. The Morgan fingerprint density at radius 1 is 1.07 bits per heavy atom. The molecule has 2 aromatic carbocycles. The van der Waals surface area contributed by atoms with Crippen LogP contribution in [0.1, 0.15) is 17.0 Å². The van der Waals surface area contributed by atoms with E-state index >= 15 is 0 Å². The molecule has 1 amide bonds. The average Bonchev–Trinajstić information content (AvgIpc) is 3.45. The van der Waals surface area contributed by atoms with Crippen molar-refractivity contribution in [3.05, 3.63) is 59.7 Å². The molecule has 5 nitrogen and oxygen atoms in total. The molecule has 2 aromatic rings. The summed E-state index contributed by atoms with van der Waals surface area (Å²) in [4.78, 5) is 12.3. The van der Waals surface area contributed by atoms with Crippen LogP contribution in [0, 0.1) is 11.8 Å². The lowest BCUT2D eigenvalue weighted by Crippen LogP contribution is -2.23. The molecule has 0 aliphatic heterocycles. The molecule has 3 unspecified atom stereocenters. The van der Waals surface area contributed by atoms with Gasteiger partial charge < -0.3 is 9.47 Å². The summed E-state index contributed by atoms with van der Waals surface area (Å²) in [7, 11) is 2.98. The Hall–Kier alpha value is -3.03. The number of benzene rings is 2. The van der Waals surface area contributed by atoms with Crippen LogP contribution in [0.25, 0.3) is 0 Å². The quantitative estimate of drug-likeness (QED) is 0.602. The zero-order chi connectivity index (χ0) is 20.3. The van der Waals surface area contributed by atoms with Gasteiger partial charge in [0.15, 0.2) is 11.5 Å². The van der Waals surface area contributed by atoms with Crippen molar-refractivity contribution in [2.45, 2.75) is 12.1 Å². The number of halogens is 3. The van der Waals surface area contributed by atoms with Gasteiger partial charge in [-0.25, -0.2) is 5.43 Å². The van der Waals surface area contributed by atoms with Gasteiger partial charge in [-0.1, -0.05) is 30.3 Å². The molecule has 8 heteroatoms. The summed E-state index contributed by atoms with van der Waals surface area (Å²) in [6, 6.07) is 13.2. The smallest absolute Gasteiger partial charge is 0.393 e. The van der Waals surface area contributed by atoms with Crippen molar-refractivity contribution in [1.82, 2.24) is 5.43 Å². The Labute approximate surface area is 160 Å². The number of hydrazone groups is 1. The lowest BCUT2D eigenvalue weighted by molar-refractivity contribution is -0.155. The molecule has 0 radical (unpaired) electrons. The fraction of sp³-hybridized carbons (Fsp3) is 0.300. The van der Waals surface area contributed by atoms with Gasteiger partial charge in [-0.3, -0.25) is 4.79 Å². The number of methoxy groups -OCH3 is 2. The summed E-state index contributed by atoms with van der Waals surface area (Å²) >= 11 is 0. The molecule has 1 aliphatic carbocycles. The van der Waals surface area contributed by atoms with Crippen LogP contribution in [0.4, 0.5) is 13.2 Å². The van der Waals surface area contributed by atoms with Gasteiger partial charge in [0.05, 0.1) is 32.3 Å². The van der Waals surface area contributed by atoms with Gasteiger partial charge in [-0.15, -0.1) is 0 Å². The van der Waals surface area contributed by atoms with E-state index in [0.29, 0.717) is 22.6 Å². The standard InChI is InChI=1S/C20H19F3N2O3/c1-27-14-9-8-12(10-15(14)28-2)11-24-25-19(26)17-16(18(17)20(21,22)23)13-6-4-3-5-7-13/h3-11,16-18H,1-2H3,(H,25,26)/b24-11+. The second-order valence-electron chi connectivity index (χ2n) is 6.38. The van der Waals surface area contributed by atoms with Gasteiger partial charge in [0, 0.05) is 5.92 Å². The number of nitrogens with zero attached hydrogens (tertiary/aromatic N) is 1. The molecule has 0 saturated heterocycles. The van der Waals surface area contributed by atoms with Crippen LogP contribution in [-0.4, -0.2) is 32.5 Å². The first kappa shape index (κ1) is 19.7. The predicted molar refractivity (Wildman–Crippen MR) is 97.5 cm³/mol. The van der Waals surface area contributed by atoms with Crippen molar-refractivity contribution in [3.63, 3.8) is 0 Å².